The number of benzene rings is 5. The lowest BCUT2D eigenvalue weighted by molar-refractivity contribution is 0.306. The number of phenolic OH excluding ortho intramolecular Hbond substituents is 2. The Labute approximate surface area is 354 Å². The van der Waals surface area contributed by atoms with Gasteiger partial charge in [0.15, 0.2) is 21.1 Å². The summed E-state index contributed by atoms with van der Waals surface area (Å²) in [5.41, 5.74) is 6.97. The van der Waals surface area contributed by atoms with E-state index in [-0.39, 0.29) is 16.4 Å². The van der Waals surface area contributed by atoms with Crippen molar-refractivity contribution in [3.63, 3.8) is 0 Å². The minimum absolute atomic E-state index is 0.123. The number of sulfone groups is 1. The van der Waals surface area contributed by atoms with E-state index in [1.54, 1.807) is 63.8 Å². The highest BCUT2D eigenvalue weighted by Crippen LogP contribution is 2.33. The van der Waals surface area contributed by atoms with E-state index in [4.69, 9.17) is 27.9 Å². The fourth-order valence-corrected chi connectivity index (χ4v) is 7.16. The zero-order valence-corrected chi connectivity index (χ0v) is 33.9. The normalized spacial score (nSPS) is 11.2. The lowest BCUT2D eigenvalue weighted by atomic mass is 10.1. The molecular weight excluding hydrogens is 824 g/mol. The number of phenols is 2. The van der Waals surface area contributed by atoms with Crippen LogP contribution in [0, 0.1) is 0 Å². The van der Waals surface area contributed by atoms with E-state index < -0.39 is 9.84 Å². The van der Waals surface area contributed by atoms with Crippen molar-refractivity contribution in [2.45, 2.75) is 11.5 Å². The van der Waals surface area contributed by atoms with Gasteiger partial charge >= 0.3 is 0 Å². The lowest BCUT2D eigenvalue weighted by Gasteiger charge is -2.07. The summed E-state index contributed by atoms with van der Waals surface area (Å²) in [4.78, 5) is 9.15. The SMILES string of the molecule is CS(=O)(=O)c1ccc(Nc2nc3ccc(-c4cc(O)ccc4Cl)cn3n2)cc1.Oc1ccc(Cl)c(-c2ccc3nc(Nc4ccc(OCc5ccccc5)cc4)nn3c2)c1. The highest BCUT2D eigenvalue weighted by Gasteiger charge is 2.12. The van der Waals surface area contributed by atoms with Crippen LogP contribution in [-0.4, -0.2) is 54.1 Å². The molecule has 0 unspecified atom stereocenters. The van der Waals surface area contributed by atoms with Crippen LogP contribution in [0.4, 0.5) is 23.3 Å². The first-order chi connectivity index (χ1) is 28.9. The molecule has 60 heavy (non-hydrogen) atoms. The molecule has 0 bridgehead atoms. The molecule has 0 aliphatic heterocycles. The van der Waals surface area contributed by atoms with Gasteiger partial charge in [-0.25, -0.2) is 17.4 Å². The second-order valence-electron chi connectivity index (χ2n) is 13.5. The summed E-state index contributed by atoms with van der Waals surface area (Å²) < 4.78 is 32.2. The number of nitrogens with one attached hydrogen (secondary N) is 2. The van der Waals surface area contributed by atoms with Crippen molar-refractivity contribution in [2.24, 2.45) is 0 Å². The van der Waals surface area contributed by atoms with Gasteiger partial charge in [-0.2, -0.15) is 9.97 Å². The van der Waals surface area contributed by atoms with Crippen molar-refractivity contribution in [1.29, 1.82) is 0 Å². The zero-order chi connectivity index (χ0) is 41.8. The first-order valence-electron chi connectivity index (χ1n) is 18.3. The summed E-state index contributed by atoms with van der Waals surface area (Å²) in [6, 6.07) is 41.0. The van der Waals surface area contributed by atoms with Crippen molar-refractivity contribution in [2.75, 3.05) is 16.9 Å². The zero-order valence-electron chi connectivity index (χ0n) is 31.6. The van der Waals surface area contributed by atoms with Gasteiger partial charge < -0.3 is 25.6 Å². The molecule has 9 aromatic rings. The van der Waals surface area contributed by atoms with Crippen LogP contribution >= 0.6 is 23.2 Å². The van der Waals surface area contributed by atoms with Gasteiger partial charge in [0.25, 0.3) is 0 Å². The Morgan fingerprint density at radius 1 is 0.617 bits per heavy atom. The van der Waals surface area contributed by atoms with Crippen LogP contribution in [0.15, 0.2) is 157 Å². The molecule has 13 nitrogen and oxygen atoms in total. The number of pyridine rings is 2. The number of ether oxygens (including phenoxy) is 1. The van der Waals surface area contributed by atoms with Crippen molar-refractivity contribution in [1.82, 2.24) is 29.2 Å². The molecule has 300 valence electrons. The molecule has 0 aliphatic carbocycles. The number of aromatic hydroxyl groups is 2. The van der Waals surface area contributed by atoms with Crippen LogP contribution in [0.2, 0.25) is 10.0 Å². The summed E-state index contributed by atoms with van der Waals surface area (Å²) in [6.45, 7) is 0.521. The summed E-state index contributed by atoms with van der Waals surface area (Å²) in [5, 5.41) is 35.7. The third-order valence-corrected chi connectivity index (χ3v) is 10.9. The Morgan fingerprint density at radius 3 is 1.58 bits per heavy atom. The molecule has 0 atom stereocenters. The monoisotopic (exact) mass is 856 g/mol. The van der Waals surface area contributed by atoms with E-state index in [9.17, 15) is 18.6 Å². The molecule has 9 rings (SSSR count). The molecule has 16 heteroatoms. The van der Waals surface area contributed by atoms with Crippen molar-refractivity contribution >= 4 is 67.6 Å². The van der Waals surface area contributed by atoms with Crippen LogP contribution in [0.25, 0.3) is 33.5 Å². The van der Waals surface area contributed by atoms with Crippen LogP contribution in [-0.2, 0) is 16.4 Å². The predicted molar refractivity (Wildman–Crippen MR) is 234 cm³/mol. The molecule has 4 N–H and O–H groups in total. The van der Waals surface area contributed by atoms with Crippen molar-refractivity contribution in [3.05, 3.63) is 168 Å². The van der Waals surface area contributed by atoms with Gasteiger partial charge in [0, 0.05) is 62.3 Å². The largest absolute Gasteiger partial charge is 0.508 e. The first kappa shape index (κ1) is 39.7. The minimum Gasteiger partial charge on any atom is -0.508 e. The number of anilines is 4. The minimum atomic E-state index is -3.24. The van der Waals surface area contributed by atoms with Gasteiger partial charge in [-0.1, -0.05) is 53.5 Å². The second kappa shape index (κ2) is 17.0. The maximum absolute atomic E-state index is 11.5. The first-order valence-corrected chi connectivity index (χ1v) is 20.9. The lowest BCUT2D eigenvalue weighted by Crippen LogP contribution is -1.98. The van der Waals surface area contributed by atoms with Crippen molar-refractivity contribution in [3.8, 4) is 39.5 Å². The fraction of sp³-hybridized carbons (Fsp3) is 0.0455. The van der Waals surface area contributed by atoms with Crippen molar-refractivity contribution < 1.29 is 23.4 Å². The molecule has 0 saturated carbocycles. The topological polar surface area (TPSA) is 168 Å². The van der Waals surface area contributed by atoms with Crippen LogP contribution in [0.3, 0.4) is 0 Å². The predicted octanol–water partition coefficient (Wildman–Crippen LogP) is 9.98. The molecule has 0 spiro atoms. The average Bonchev–Trinajstić information content (AvgIpc) is 3.85. The second-order valence-corrected chi connectivity index (χ2v) is 16.3. The highest BCUT2D eigenvalue weighted by atomic mass is 35.5. The Morgan fingerprint density at radius 2 is 1.10 bits per heavy atom. The van der Waals surface area contributed by atoms with Gasteiger partial charge in [0.1, 0.15) is 23.9 Å². The Kier molecular flexibility index (Phi) is 11.2. The molecule has 0 saturated heterocycles. The third kappa shape index (κ3) is 9.42. The molecular formula is C44H34Cl2N8O5S. The maximum atomic E-state index is 11.5. The molecule has 0 fully saturated rings. The van der Waals surface area contributed by atoms with Gasteiger partial charge in [0.2, 0.25) is 11.9 Å². The van der Waals surface area contributed by atoms with Crippen LogP contribution in [0.1, 0.15) is 5.56 Å². The number of hydrogen-bond acceptors (Lipinski definition) is 11. The molecule has 0 radical (unpaired) electrons. The number of nitrogens with zero attached hydrogens (tertiary/aromatic N) is 6. The number of fused-ring (bicyclic) bond motifs is 2. The fourth-order valence-electron chi connectivity index (χ4n) is 6.08. The summed E-state index contributed by atoms with van der Waals surface area (Å²) >= 11 is 12.5. The summed E-state index contributed by atoms with van der Waals surface area (Å²) in [7, 11) is -3.24. The van der Waals surface area contributed by atoms with E-state index in [2.05, 4.69) is 30.8 Å². The average molecular weight is 858 g/mol. The van der Waals surface area contributed by atoms with Gasteiger partial charge in [0.05, 0.1) is 4.90 Å². The number of hydrogen-bond donors (Lipinski definition) is 4. The molecule has 4 heterocycles. The summed E-state index contributed by atoms with van der Waals surface area (Å²) in [5.74, 6) is 1.91. The van der Waals surface area contributed by atoms with Crippen LogP contribution in [0.5, 0.6) is 17.2 Å². The number of aromatic nitrogens is 6. The molecule has 4 aromatic heterocycles. The number of halogens is 2. The quantitative estimate of drug-likeness (QED) is 0.103. The molecule has 0 amide bonds. The maximum Gasteiger partial charge on any atom is 0.247 e. The molecule has 0 aliphatic rings. The van der Waals surface area contributed by atoms with Gasteiger partial charge in [-0.15, -0.1) is 10.2 Å². The van der Waals surface area contributed by atoms with E-state index in [1.807, 2.05) is 79.0 Å². The summed E-state index contributed by atoms with van der Waals surface area (Å²) in [6.07, 6.45) is 4.75. The highest BCUT2D eigenvalue weighted by molar-refractivity contribution is 7.90. The Hall–Kier alpha value is -7.13. The molecule has 5 aromatic carbocycles. The van der Waals surface area contributed by atoms with E-state index in [0.717, 1.165) is 39.9 Å². The van der Waals surface area contributed by atoms with E-state index in [1.165, 1.54) is 18.2 Å². The standard InChI is InChI=1S/C25H19ClN4O2.C19H15ClN4O3S/c26-23-12-9-20(31)14-22(23)18-6-13-24-28-25(29-30(24)15-18)27-19-7-10-21(11-8-19)32-16-17-4-2-1-3-5-17;1-28(26,27)15-6-3-13(4-7-15)21-19-22-18-9-2-12(11-24(18)23-19)16-10-14(25)5-8-17(16)20/h1-15,31H,16H2,(H,27,29);2-11,25H,1H3,(H,21,23). The van der Waals surface area contributed by atoms with E-state index in [0.29, 0.717) is 51.1 Å². The van der Waals surface area contributed by atoms with E-state index >= 15 is 0 Å². The van der Waals surface area contributed by atoms with Gasteiger partial charge in [-0.3, -0.25) is 0 Å². The van der Waals surface area contributed by atoms with Gasteiger partial charge in [-0.05, 0) is 115 Å². The smallest absolute Gasteiger partial charge is 0.247 e. The Balaban J connectivity index is 0.000000168. The third-order valence-electron chi connectivity index (χ3n) is 9.08. The number of rotatable bonds is 10. The Bertz CT molecular complexity index is 3070. The van der Waals surface area contributed by atoms with Crippen LogP contribution < -0.4 is 15.4 Å².